The van der Waals surface area contributed by atoms with Crippen molar-refractivity contribution in [2.24, 2.45) is 0 Å². The third-order valence-corrected chi connectivity index (χ3v) is 7.64. The summed E-state index contributed by atoms with van der Waals surface area (Å²) in [5.74, 6) is 1.59. The quantitative estimate of drug-likeness (QED) is 0.227. The SMILES string of the molecule is Cc1ccc(Oc2ccc(N3C(=S)NC(c4ccccn4)C3c3cccn3-c3ccc(C)c(C)c3)cc2)cc1. The highest BCUT2D eigenvalue weighted by molar-refractivity contribution is 7.80. The van der Waals surface area contributed by atoms with Crippen LogP contribution in [0, 0.1) is 20.8 Å². The van der Waals surface area contributed by atoms with E-state index in [1.807, 2.05) is 54.7 Å². The van der Waals surface area contributed by atoms with Crippen LogP contribution >= 0.6 is 12.2 Å². The number of nitrogens with one attached hydrogen (secondary N) is 1. The predicted octanol–water partition coefficient (Wildman–Crippen LogP) is 7.77. The number of hydrogen-bond acceptors (Lipinski definition) is 3. The summed E-state index contributed by atoms with van der Waals surface area (Å²) in [4.78, 5) is 6.89. The Morgan fingerprint density at radius 2 is 1.49 bits per heavy atom. The zero-order chi connectivity index (χ0) is 26.9. The predicted molar refractivity (Wildman–Crippen MR) is 161 cm³/mol. The molecule has 0 spiro atoms. The van der Waals surface area contributed by atoms with Crippen LogP contribution in [0.1, 0.15) is 40.2 Å². The van der Waals surface area contributed by atoms with Gasteiger partial charge in [-0.1, -0.05) is 29.8 Å². The molecule has 0 radical (unpaired) electrons. The number of pyridine rings is 1. The molecule has 2 unspecified atom stereocenters. The first-order valence-electron chi connectivity index (χ1n) is 13.1. The number of hydrogen-bond donors (Lipinski definition) is 1. The van der Waals surface area contributed by atoms with Gasteiger partial charge in [0.25, 0.3) is 0 Å². The van der Waals surface area contributed by atoms with E-state index < -0.39 is 0 Å². The summed E-state index contributed by atoms with van der Waals surface area (Å²) < 4.78 is 8.34. The fraction of sp³-hybridized carbons (Fsp3) is 0.152. The first-order valence-corrected chi connectivity index (χ1v) is 13.5. The number of aryl methyl sites for hydroxylation is 3. The molecule has 5 aromatic rings. The molecule has 0 bridgehead atoms. The second-order valence-electron chi connectivity index (χ2n) is 9.98. The lowest BCUT2D eigenvalue weighted by atomic mass is 10.0. The largest absolute Gasteiger partial charge is 0.457 e. The number of aromatic nitrogens is 2. The van der Waals surface area contributed by atoms with Gasteiger partial charge in [0.05, 0.1) is 11.7 Å². The van der Waals surface area contributed by atoms with Crippen LogP contribution in [0.2, 0.25) is 0 Å². The van der Waals surface area contributed by atoms with E-state index in [1.54, 1.807) is 0 Å². The molecular formula is C33H30N4OS. The molecule has 1 aliphatic heterocycles. The van der Waals surface area contributed by atoms with Crippen molar-refractivity contribution >= 4 is 23.0 Å². The van der Waals surface area contributed by atoms with E-state index in [0.717, 1.165) is 34.3 Å². The van der Waals surface area contributed by atoms with E-state index >= 15 is 0 Å². The molecule has 194 valence electrons. The van der Waals surface area contributed by atoms with Crippen LogP contribution in [0.25, 0.3) is 5.69 Å². The number of thiocarbonyl (C=S) groups is 1. The van der Waals surface area contributed by atoms with E-state index in [4.69, 9.17) is 21.9 Å². The van der Waals surface area contributed by atoms with Gasteiger partial charge in [-0.15, -0.1) is 0 Å². The highest BCUT2D eigenvalue weighted by Gasteiger charge is 2.42. The minimum atomic E-state index is -0.123. The maximum absolute atomic E-state index is 6.08. The molecule has 6 heteroatoms. The fourth-order valence-electron chi connectivity index (χ4n) is 5.10. The summed E-state index contributed by atoms with van der Waals surface area (Å²) in [5, 5.41) is 4.23. The monoisotopic (exact) mass is 530 g/mol. The molecule has 1 fully saturated rings. The standard InChI is InChI=1S/C33H30N4OS/c1-22-9-15-27(16-10-22)38-28-17-13-25(14-18-28)37-32(31(35-33(37)39)29-7-4-5-19-34-29)30-8-6-20-36(30)26-12-11-23(2)24(3)21-26/h4-21,31-32H,1-3H3,(H,35,39). The molecule has 1 N–H and O–H groups in total. The van der Waals surface area contributed by atoms with Crippen LogP contribution < -0.4 is 15.0 Å². The van der Waals surface area contributed by atoms with Crippen LogP contribution in [0.4, 0.5) is 5.69 Å². The van der Waals surface area contributed by atoms with Gasteiger partial charge in [-0.25, -0.2) is 0 Å². The van der Waals surface area contributed by atoms with Gasteiger partial charge >= 0.3 is 0 Å². The van der Waals surface area contributed by atoms with Crippen molar-refractivity contribution in [3.8, 4) is 17.2 Å². The van der Waals surface area contributed by atoms with Gasteiger partial charge in [0.15, 0.2) is 5.11 Å². The Morgan fingerprint density at radius 3 is 2.18 bits per heavy atom. The minimum absolute atomic E-state index is 0.118. The van der Waals surface area contributed by atoms with Crippen LogP contribution in [0.5, 0.6) is 11.5 Å². The summed E-state index contributed by atoms with van der Waals surface area (Å²) in [6.45, 7) is 6.36. The highest BCUT2D eigenvalue weighted by atomic mass is 32.1. The minimum Gasteiger partial charge on any atom is -0.457 e. The number of nitrogens with zero attached hydrogens (tertiary/aromatic N) is 3. The van der Waals surface area contributed by atoms with Gasteiger partial charge in [0, 0.05) is 29.5 Å². The maximum atomic E-state index is 6.08. The van der Waals surface area contributed by atoms with Crippen molar-refractivity contribution in [3.63, 3.8) is 0 Å². The first-order chi connectivity index (χ1) is 19.0. The van der Waals surface area contributed by atoms with Crippen molar-refractivity contribution in [2.75, 3.05) is 4.90 Å². The van der Waals surface area contributed by atoms with Gasteiger partial charge in [0.1, 0.15) is 17.5 Å². The molecule has 6 rings (SSSR count). The Kier molecular flexibility index (Phi) is 6.63. The van der Waals surface area contributed by atoms with E-state index in [0.29, 0.717) is 5.11 Å². The topological polar surface area (TPSA) is 42.3 Å². The number of ether oxygens (including phenoxy) is 1. The molecule has 3 heterocycles. The molecule has 3 aromatic carbocycles. The molecule has 1 aliphatic rings. The molecule has 0 saturated carbocycles. The zero-order valence-corrected chi connectivity index (χ0v) is 23.0. The van der Waals surface area contributed by atoms with E-state index in [2.05, 4.69) is 90.3 Å². The molecule has 39 heavy (non-hydrogen) atoms. The summed E-state index contributed by atoms with van der Waals surface area (Å²) in [5.41, 5.74) is 7.91. The molecule has 5 nitrogen and oxygen atoms in total. The number of rotatable bonds is 6. The van der Waals surface area contributed by atoms with Crippen molar-refractivity contribution in [3.05, 3.63) is 138 Å². The molecule has 0 amide bonds. The van der Waals surface area contributed by atoms with Crippen LogP contribution in [0.3, 0.4) is 0 Å². The average molecular weight is 531 g/mol. The first kappa shape index (κ1) is 24.9. The lowest BCUT2D eigenvalue weighted by Crippen LogP contribution is -2.30. The lowest BCUT2D eigenvalue weighted by Gasteiger charge is -2.29. The lowest BCUT2D eigenvalue weighted by molar-refractivity contribution is 0.482. The molecular weight excluding hydrogens is 500 g/mol. The second kappa shape index (κ2) is 10.4. The van der Waals surface area contributed by atoms with Gasteiger partial charge in [-0.3, -0.25) is 4.98 Å². The molecule has 2 aromatic heterocycles. The van der Waals surface area contributed by atoms with Crippen LogP contribution in [-0.4, -0.2) is 14.7 Å². The third kappa shape index (κ3) is 4.91. The zero-order valence-electron chi connectivity index (χ0n) is 22.2. The Balaban J connectivity index is 1.39. The van der Waals surface area contributed by atoms with Crippen molar-refractivity contribution in [1.29, 1.82) is 0 Å². The third-order valence-electron chi connectivity index (χ3n) is 7.32. The van der Waals surface area contributed by atoms with E-state index in [1.165, 1.54) is 16.7 Å². The Hall–Kier alpha value is -4.42. The van der Waals surface area contributed by atoms with Crippen molar-refractivity contribution in [1.82, 2.24) is 14.9 Å². The second-order valence-corrected chi connectivity index (χ2v) is 10.4. The maximum Gasteiger partial charge on any atom is 0.174 e. The summed E-state index contributed by atoms with van der Waals surface area (Å²) in [6, 6.07) is 32.8. The van der Waals surface area contributed by atoms with E-state index in [-0.39, 0.29) is 12.1 Å². The molecule has 0 aliphatic carbocycles. The Labute approximate surface area is 234 Å². The van der Waals surface area contributed by atoms with Crippen LogP contribution in [0.15, 0.2) is 109 Å². The van der Waals surface area contributed by atoms with Gasteiger partial charge in [0.2, 0.25) is 0 Å². The normalized spacial score (nSPS) is 16.8. The smallest absolute Gasteiger partial charge is 0.174 e. The van der Waals surface area contributed by atoms with Crippen molar-refractivity contribution < 1.29 is 4.74 Å². The van der Waals surface area contributed by atoms with Gasteiger partial charge in [-0.2, -0.15) is 0 Å². The fourth-order valence-corrected chi connectivity index (χ4v) is 5.44. The average Bonchev–Trinajstić information content (AvgIpc) is 3.57. The molecule has 2 atom stereocenters. The van der Waals surface area contributed by atoms with Crippen molar-refractivity contribution in [2.45, 2.75) is 32.9 Å². The number of benzene rings is 3. The molecule has 1 saturated heterocycles. The van der Waals surface area contributed by atoms with Crippen LogP contribution in [-0.2, 0) is 0 Å². The van der Waals surface area contributed by atoms with Gasteiger partial charge in [-0.05, 0) is 117 Å². The number of anilines is 1. The summed E-state index contributed by atoms with van der Waals surface area (Å²) in [7, 11) is 0. The Bertz CT molecular complexity index is 1610. The Morgan fingerprint density at radius 1 is 0.769 bits per heavy atom. The summed E-state index contributed by atoms with van der Waals surface area (Å²) >= 11 is 5.94. The van der Waals surface area contributed by atoms with Gasteiger partial charge < -0.3 is 19.5 Å². The highest BCUT2D eigenvalue weighted by Crippen LogP contribution is 2.42. The van der Waals surface area contributed by atoms with E-state index in [9.17, 15) is 0 Å². The summed E-state index contributed by atoms with van der Waals surface area (Å²) in [6.07, 6.45) is 3.95.